The fraction of sp³-hybridized carbons (Fsp3) is 0.182. The average Bonchev–Trinajstić information content (AvgIpc) is 2.46. The largest absolute Gasteiger partial charge is 0.361 e. The van der Waals surface area contributed by atoms with Crippen LogP contribution in [-0.2, 0) is 6.42 Å². The number of hydrogen-bond donors (Lipinski definition) is 1. The summed E-state index contributed by atoms with van der Waals surface area (Å²) in [5.41, 5.74) is 3.80. The van der Waals surface area contributed by atoms with Crippen molar-refractivity contribution in [2.75, 3.05) is 0 Å². The lowest BCUT2D eigenvalue weighted by Crippen LogP contribution is -1.76. The Bertz CT molecular complexity index is 398. The lowest BCUT2D eigenvalue weighted by Gasteiger charge is -1.94. The Hall–Kier alpha value is -1.24. The molecule has 0 atom stereocenters. The molecule has 0 aliphatic heterocycles. The topological polar surface area (TPSA) is 15.8 Å². The summed E-state index contributed by atoms with van der Waals surface area (Å²) in [6.07, 6.45) is 2.89. The Kier molecular flexibility index (Phi) is 1.65. The molecular weight excluding hydrogens is 146 g/mol. The van der Waals surface area contributed by atoms with Crippen molar-refractivity contribution in [1.82, 2.24) is 4.98 Å². The van der Waals surface area contributed by atoms with Crippen LogP contribution in [0.2, 0.25) is 0 Å². The van der Waals surface area contributed by atoms with Crippen LogP contribution in [0.1, 0.15) is 11.1 Å². The second kappa shape index (κ2) is 2.67. The van der Waals surface area contributed by atoms with Crippen molar-refractivity contribution in [3.63, 3.8) is 0 Å². The molecule has 0 saturated heterocycles. The summed E-state index contributed by atoms with van der Waals surface area (Å²) in [6, 6.07) is 6.45. The number of aromatic amines is 1. The van der Waals surface area contributed by atoms with E-state index < -0.39 is 0 Å². The number of nitrogens with one attached hydrogen (secondary N) is 1. The standard InChI is InChI=1S/C11H12N/c1-3-9-7-12-11-6-8(2)4-5-10(9)11/h4-7,12H,1,3H2,2H3. The molecular formula is C11H12N. The van der Waals surface area contributed by atoms with Crippen LogP contribution in [0, 0.1) is 13.8 Å². The zero-order valence-corrected chi connectivity index (χ0v) is 7.22. The maximum absolute atomic E-state index is 3.88. The van der Waals surface area contributed by atoms with E-state index in [4.69, 9.17) is 0 Å². The predicted octanol–water partition coefficient (Wildman–Crippen LogP) is 2.85. The minimum atomic E-state index is 0.850. The first-order chi connectivity index (χ1) is 5.81. The predicted molar refractivity (Wildman–Crippen MR) is 52.1 cm³/mol. The van der Waals surface area contributed by atoms with Crippen molar-refractivity contribution in [1.29, 1.82) is 0 Å². The van der Waals surface area contributed by atoms with Gasteiger partial charge in [0.15, 0.2) is 0 Å². The normalized spacial score (nSPS) is 10.8. The van der Waals surface area contributed by atoms with Gasteiger partial charge in [-0.15, -0.1) is 0 Å². The van der Waals surface area contributed by atoms with E-state index in [0.29, 0.717) is 0 Å². The van der Waals surface area contributed by atoms with Crippen molar-refractivity contribution in [3.8, 4) is 0 Å². The van der Waals surface area contributed by atoms with Crippen molar-refractivity contribution in [2.45, 2.75) is 13.3 Å². The molecule has 1 N–H and O–H groups in total. The maximum atomic E-state index is 3.88. The van der Waals surface area contributed by atoms with Crippen molar-refractivity contribution < 1.29 is 0 Å². The first-order valence-electron chi connectivity index (χ1n) is 4.17. The number of rotatable bonds is 1. The lowest BCUT2D eigenvalue weighted by atomic mass is 10.1. The lowest BCUT2D eigenvalue weighted by molar-refractivity contribution is 1.29. The van der Waals surface area contributed by atoms with Gasteiger partial charge in [0.1, 0.15) is 0 Å². The zero-order chi connectivity index (χ0) is 8.55. The van der Waals surface area contributed by atoms with Gasteiger partial charge in [0.2, 0.25) is 0 Å². The highest BCUT2D eigenvalue weighted by Gasteiger charge is 2.00. The first-order valence-corrected chi connectivity index (χ1v) is 4.17. The molecule has 12 heavy (non-hydrogen) atoms. The van der Waals surface area contributed by atoms with Crippen LogP contribution in [0.15, 0.2) is 24.4 Å². The molecule has 0 fully saturated rings. The molecule has 1 heterocycles. The summed E-state index contributed by atoms with van der Waals surface area (Å²) in [5.74, 6) is 0. The van der Waals surface area contributed by atoms with Crippen LogP contribution >= 0.6 is 0 Å². The number of H-pyrrole nitrogens is 1. The third kappa shape index (κ3) is 1.02. The third-order valence-corrected chi connectivity index (χ3v) is 2.19. The molecule has 2 rings (SSSR count). The van der Waals surface area contributed by atoms with E-state index in [9.17, 15) is 0 Å². The van der Waals surface area contributed by atoms with Gasteiger partial charge < -0.3 is 4.98 Å². The van der Waals surface area contributed by atoms with E-state index in [0.717, 1.165) is 6.42 Å². The summed E-state index contributed by atoms with van der Waals surface area (Å²) in [5, 5.41) is 1.30. The quantitative estimate of drug-likeness (QED) is 0.656. The smallest absolute Gasteiger partial charge is 0.0459 e. The van der Waals surface area contributed by atoms with E-state index in [2.05, 4.69) is 37.0 Å². The number of fused-ring (bicyclic) bond motifs is 1. The Morgan fingerprint density at radius 1 is 1.42 bits per heavy atom. The maximum Gasteiger partial charge on any atom is 0.0459 e. The van der Waals surface area contributed by atoms with E-state index in [-0.39, 0.29) is 0 Å². The molecule has 1 heteroatoms. The fourth-order valence-electron chi connectivity index (χ4n) is 1.51. The second-order valence-electron chi connectivity index (χ2n) is 3.11. The highest BCUT2D eigenvalue weighted by Crippen LogP contribution is 2.19. The summed E-state index contributed by atoms with van der Waals surface area (Å²) >= 11 is 0. The SMILES string of the molecule is [CH2]Cc1c[nH]c2cc(C)ccc12. The number of hydrogen-bond acceptors (Lipinski definition) is 0. The van der Waals surface area contributed by atoms with Crippen molar-refractivity contribution in [3.05, 3.63) is 42.4 Å². The Balaban J connectivity index is 2.73. The van der Waals surface area contributed by atoms with Gasteiger partial charge in [-0.05, 0) is 37.5 Å². The number of benzene rings is 1. The summed E-state index contributed by atoms with van der Waals surface area (Å²) < 4.78 is 0. The molecule has 1 radical (unpaired) electrons. The second-order valence-corrected chi connectivity index (χ2v) is 3.11. The minimum absolute atomic E-state index is 0.850. The van der Waals surface area contributed by atoms with Crippen LogP contribution < -0.4 is 0 Å². The van der Waals surface area contributed by atoms with Gasteiger partial charge >= 0.3 is 0 Å². The summed E-state index contributed by atoms with van der Waals surface area (Å²) in [4.78, 5) is 3.24. The molecule has 0 saturated carbocycles. The van der Waals surface area contributed by atoms with E-state index in [1.54, 1.807) is 0 Å². The molecule has 0 bridgehead atoms. The number of aromatic nitrogens is 1. The van der Waals surface area contributed by atoms with Gasteiger partial charge in [0, 0.05) is 17.1 Å². The van der Waals surface area contributed by atoms with Crippen molar-refractivity contribution >= 4 is 10.9 Å². The molecule has 0 aliphatic carbocycles. The van der Waals surface area contributed by atoms with Gasteiger partial charge in [-0.25, -0.2) is 0 Å². The van der Waals surface area contributed by atoms with Crippen LogP contribution in [-0.4, -0.2) is 4.98 Å². The third-order valence-electron chi connectivity index (χ3n) is 2.19. The molecule has 1 nitrogen and oxygen atoms in total. The first kappa shape index (κ1) is 7.41. The molecule has 0 aliphatic rings. The number of aryl methyl sites for hydroxylation is 1. The monoisotopic (exact) mass is 158 g/mol. The Labute approximate surface area is 72.4 Å². The fourth-order valence-corrected chi connectivity index (χ4v) is 1.51. The van der Waals surface area contributed by atoms with Crippen LogP contribution in [0.4, 0.5) is 0 Å². The molecule has 2 aromatic rings. The molecule has 1 aromatic carbocycles. The van der Waals surface area contributed by atoms with Gasteiger partial charge in [0.25, 0.3) is 0 Å². The van der Waals surface area contributed by atoms with Crippen LogP contribution in [0.25, 0.3) is 10.9 Å². The van der Waals surface area contributed by atoms with Crippen LogP contribution in [0.3, 0.4) is 0 Å². The molecule has 0 amide bonds. The highest BCUT2D eigenvalue weighted by molar-refractivity contribution is 5.83. The van der Waals surface area contributed by atoms with Gasteiger partial charge in [-0.3, -0.25) is 0 Å². The zero-order valence-electron chi connectivity index (χ0n) is 7.22. The van der Waals surface area contributed by atoms with E-state index in [1.807, 2.05) is 6.20 Å². The molecule has 0 spiro atoms. The molecule has 1 aromatic heterocycles. The Morgan fingerprint density at radius 3 is 3.00 bits per heavy atom. The Morgan fingerprint density at radius 2 is 2.25 bits per heavy atom. The average molecular weight is 158 g/mol. The van der Waals surface area contributed by atoms with E-state index in [1.165, 1.54) is 22.0 Å². The van der Waals surface area contributed by atoms with Gasteiger partial charge in [-0.2, -0.15) is 0 Å². The van der Waals surface area contributed by atoms with Crippen molar-refractivity contribution in [2.24, 2.45) is 0 Å². The van der Waals surface area contributed by atoms with Gasteiger partial charge in [0.05, 0.1) is 0 Å². The summed E-state index contributed by atoms with van der Waals surface area (Å²) in [7, 11) is 0. The van der Waals surface area contributed by atoms with Gasteiger partial charge in [-0.1, -0.05) is 12.1 Å². The van der Waals surface area contributed by atoms with E-state index >= 15 is 0 Å². The highest BCUT2D eigenvalue weighted by atomic mass is 14.7. The van der Waals surface area contributed by atoms with Crippen LogP contribution in [0.5, 0.6) is 0 Å². The molecule has 0 unspecified atom stereocenters. The molecule has 61 valence electrons. The minimum Gasteiger partial charge on any atom is -0.361 e. The summed E-state index contributed by atoms with van der Waals surface area (Å²) in [6.45, 7) is 5.98.